The zero-order chi connectivity index (χ0) is 15.2. The Morgan fingerprint density at radius 3 is 2.67 bits per heavy atom. The minimum Gasteiger partial charge on any atom is -0.340 e. The highest BCUT2D eigenvalue weighted by Crippen LogP contribution is 2.21. The molecule has 0 aliphatic heterocycles. The average Bonchev–Trinajstić information content (AvgIpc) is 2.90. The smallest absolute Gasteiger partial charge is 0.239 e. The molecule has 112 valence electrons. The van der Waals surface area contributed by atoms with E-state index in [0.29, 0.717) is 13.0 Å². The number of hydrogen-bond donors (Lipinski definition) is 1. The predicted molar refractivity (Wildman–Crippen MR) is 91.2 cm³/mol. The van der Waals surface area contributed by atoms with E-state index in [1.807, 2.05) is 29.6 Å². The van der Waals surface area contributed by atoms with Crippen LogP contribution in [0.2, 0.25) is 0 Å². The molecule has 0 radical (unpaired) electrons. The third-order valence-electron chi connectivity index (χ3n) is 3.32. The van der Waals surface area contributed by atoms with E-state index < -0.39 is 6.04 Å². The zero-order valence-electron chi connectivity index (χ0n) is 12.0. The van der Waals surface area contributed by atoms with Crippen molar-refractivity contribution in [2.45, 2.75) is 25.4 Å². The Balaban J connectivity index is 1.83. The van der Waals surface area contributed by atoms with Crippen LogP contribution in [0.1, 0.15) is 17.5 Å². The van der Waals surface area contributed by atoms with Crippen LogP contribution in [0.4, 0.5) is 0 Å². The molecule has 2 rings (SSSR count). The van der Waals surface area contributed by atoms with Crippen LogP contribution in [-0.2, 0) is 17.8 Å². The molecule has 21 heavy (non-hydrogen) atoms. The standard InChI is InChI=1S/C16H19BrN2OS/c1-19(10-13-9-15(17)21-11-13)16(20)14(18)8-7-12-5-3-2-4-6-12/h2-6,9,11,14H,7-8,10,18H2,1H3. The van der Waals surface area contributed by atoms with Gasteiger partial charge >= 0.3 is 0 Å². The van der Waals surface area contributed by atoms with Gasteiger partial charge in [-0.1, -0.05) is 30.3 Å². The Hall–Kier alpha value is -1.17. The summed E-state index contributed by atoms with van der Waals surface area (Å²) in [7, 11) is 1.80. The SMILES string of the molecule is CN(Cc1csc(Br)c1)C(=O)C(N)CCc1ccccc1. The van der Waals surface area contributed by atoms with Crippen molar-refractivity contribution >= 4 is 33.2 Å². The molecule has 0 saturated heterocycles. The lowest BCUT2D eigenvalue weighted by atomic mass is 10.0. The monoisotopic (exact) mass is 366 g/mol. The predicted octanol–water partition coefficient (Wildman–Crippen LogP) is 3.43. The summed E-state index contributed by atoms with van der Waals surface area (Å²) >= 11 is 5.05. The molecule has 3 nitrogen and oxygen atoms in total. The molecule has 1 atom stereocenters. The highest BCUT2D eigenvalue weighted by atomic mass is 79.9. The van der Waals surface area contributed by atoms with Crippen molar-refractivity contribution in [3.05, 3.63) is 56.7 Å². The van der Waals surface area contributed by atoms with Gasteiger partial charge in [-0.2, -0.15) is 0 Å². The molecule has 0 aliphatic carbocycles. The lowest BCUT2D eigenvalue weighted by Gasteiger charge is -2.21. The molecule has 0 bridgehead atoms. The number of nitrogens with two attached hydrogens (primary N) is 1. The Kier molecular flexibility index (Phi) is 5.96. The number of nitrogens with zero attached hydrogens (tertiary/aromatic N) is 1. The quantitative estimate of drug-likeness (QED) is 0.850. The third-order valence-corrected chi connectivity index (χ3v) is 4.88. The molecule has 1 unspecified atom stereocenters. The number of thiophene rings is 1. The second-order valence-electron chi connectivity index (χ2n) is 5.08. The molecule has 0 saturated carbocycles. The summed E-state index contributed by atoms with van der Waals surface area (Å²) in [5, 5.41) is 2.04. The van der Waals surface area contributed by atoms with Gasteiger partial charge in [0.1, 0.15) is 0 Å². The Bertz CT molecular complexity index is 585. The van der Waals surface area contributed by atoms with E-state index in [1.165, 1.54) is 5.56 Å². The number of halogens is 1. The van der Waals surface area contributed by atoms with Crippen LogP contribution in [0, 0.1) is 0 Å². The number of carbonyl (C=O) groups is 1. The normalized spacial score (nSPS) is 12.1. The second kappa shape index (κ2) is 7.73. The summed E-state index contributed by atoms with van der Waals surface area (Å²) in [5.74, 6) is -0.00625. The molecule has 1 amide bonds. The van der Waals surface area contributed by atoms with Crippen LogP contribution < -0.4 is 5.73 Å². The fraction of sp³-hybridized carbons (Fsp3) is 0.312. The van der Waals surface area contributed by atoms with Crippen molar-refractivity contribution < 1.29 is 4.79 Å². The number of likely N-dealkylation sites (N-methyl/N-ethyl adjacent to an activating group) is 1. The number of amides is 1. The average molecular weight is 367 g/mol. The van der Waals surface area contributed by atoms with Crippen LogP contribution in [0.5, 0.6) is 0 Å². The molecule has 2 N–H and O–H groups in total. The Morgan fingerprint density at radius 2 is 2.05 bits per heavy atom. The molecule has 2 aromatic rings. The highest BCUT2D eigenvalue weighted by Gasteiger charge is 2.18. The summed E-state index contributed by atoms with van der Waals surface area (Å²) < 4.78 is 1.08. The first-order chi connectivity index (χ1) is 10.1. The van der Waals surface area contributed by atoms with E-state index in [2.05, 4.69) is 28.1 Å². The van der Waals surface area contributed by atoms with Gasteiger partial charge in [0.2, 0.25) is 5.91 Å². The first-order valence-electron chi connectivity index (χ1n) is 6.83. The molecular formula is C16H19BrN2OS. The van der Waals surface area contributed by atoms with E-state index in [-0.39, 0.29) is 5.91 Å². The molecule has 0 aliphatic rings. The van der Waals surface area contributed by atoms with Crippen molar-refractivity contribution in [3.8, 4) is 0 Å². The van der Waals surface area contributed by atoms with E-state index in [4.69, 9.17) is 5.73 Å². The minimum atomic E-state index is -0.447. The molecule has 1 heterocycles. The van der Waals surface area contributed by atoms with Gasteiger partial charge in [0.05, 0.1) is 9.83 Å². The lowest BCUT2D eigenvalue weighted by molar-refractivity contribution is -0.131. The van der Waals surface area contributed by atoms with Crippen molar-refractivity contribution in [3.63, 3.8) is 0 Å². The maximum atomic E-state index is 12.3. The van der Waals surface area contributed by atoms with E-state index in [0.717, 1.165) is 15.8 Å². The fourth-order valence-corrected chi connectivity index (χ4v) is 3.35. The number of carbonyl (C=O) groups excluding carboxylic acids is 1. The Morgan fingerprint density at radius 1 is 1.33 bits per heavy atom. The first kappa shape index (κ1) is 16.2. The highest BCUT2D eigenvalue weighted by molar-refractivity contribution is 9.11. The van der Waals surface area contributed by atoms with Crippen LogP contribution in [-0.4, -0.2) is 23.9 Å². The fourth-order valence-electron chi connectivity index (χ4n) is 2.15. The Labute approximate surface area is 137 Å². The van der Waals surface area contributed by atoms with Gasteiger partial charge in [-0.3, -0.25) is 4.79 Å². The van der Waals surface area contributed by atoms with Crippen LogP contribution in [0.25, 0.3) is 0 Å². The summed E-state index contributed by atoms with van der Waals surface area (Å²) in [6.07, 6.45) is 1.49. The largest absolute Gasteiger partial charge is 0.340 e. The van der Waals surface area contributed by atoms with E-state index in [9.17, 15) is 4.79 Å². The molecule has 5 heteroatoms. The van der Waals surface area contributed by atoms with Gasteiger partial charge in [-0.15, -0.1) is 11.3 Å². The van der Waals surface area contributed by atoms with Crippen LogP contribution in [0.3, 0.4) is 0 Å². The molecular weight excluding hydrogens is 348 g/mol. The summed E-state index contributed by atoms with van der Waals surface area (Å²) in [5.41, 5.74) is 8.36. The van der Waals surface area contributed by atoms with Crippen molar-refractivity contribution in [2.75, 3.05) is 7.05 Å². The molecule has 1 aromatic heterocycles. The van der Waals surface area contributed by atoms with Gasteiger partial charge in [-0.25, -0.2) is 0 Å². The number of aryl methyl sites for hydroxylation is 1. The number of benzene rings is 1. The van der Waals surface area contributed by atoms with Gasteiger partial charge in [0, 0.05) is 13.6 Å². The lowest BCUT2D eigenvalue weighted by Crippen LogP contribution is -2.41. The second-order valence-corrected chi connectivity index (χ2v) is 7.37. The summed E-state index contributed by atoms with van der Waals surface area (Å²) in [6, 6.07) is 11.7. The van der Waals surface area contributed by atoms with Gasteiger partial charge in [0.25, 0.3) is 0 Å². The van der Waals surface area contributed by atoms with Crippen LogP contribution in [0.15, 0.2) is 45.6 Å². The van der Waals surface area contributed by atoms with Gasteiger partial charge in [-0.05, 0) is 51.3 Å². The number of hydrogen-bond acceptors (Lipinski definition) is 3. The molecule has 1 aromatic carbocycles. The molecule has 0 spiro atoms. The summed E-state index contributed by atoms with van der Waals surface area (Å²) in [6.45, 7) is 0.597. The number of rotatable bonds is 6. The van der Waals surface area contributed by atoms with Crippen molar-refractivity contribution in [1.29, 1.82) is 0 Å². The third kappa shape index (κ3) is 4.95. The van der Waals surface area contributed by atoms with Crippen molar-refractivity contribution in [1.82, 2.24) is 4.90 Å². The van der Waals surface area contributed by atoms with Gasteiger partial charge in [0.15, 0.2) is 0 Å². The summed E-state index contributed by atoms with van der Waals surface area (Å²) in [4.78, 5) is 14.0. The maximum absolute atomic E-state index is 12.3. The van der Waals surface area contributed by atoms with E-state index >= 15 is 0 Å². The van der Waals surface area contributed by atoms with E-state index in [1.54, 1.807) is 23.3 Å². The van der Waals surface area contributed by atoms with Crippen molar-refractivity contribution in [2.24, 2.45) is 5.73 Å². The first-order valence-corrected chi connectivity index (χ1v) is 8.51. The van der Waals surface area contributed by atoms with Gasteiger partial charge < -0.3 is 10.6 Å². The van der Waals surface area contributed by atoms with Crippen LogP contribution >= 0.6 is 27.3 Å². The zero-order valence-corrected chi connectivity index (χ0v) is 14.4. The maximum Gasteiger partial charge on any atom is 0.239 e. The topological polar surface area (TPSA) is 46.3 Å². The minimum absolute atomic E-state index is 0.00625. The molecule has 0 fully saturated rings.